The molecule has 0 bridgehead atoms. The SMILES string of the molecule is IOc1cccnc1I. The number of hydrogen-bond acceptors (Lipinski definition) is 2. The zero-order valence-corrected chi connectivity index (χ0v) is 8.66. The molecule has 0 atom stereocenters. The molecule has 0 amide bonds. The molecule has 2 nitrogen and oxygen atoms in total. The molecule has 0 aliphatic heterocycles. The first-order valence-electron chi connectivity index (χ1n) is 2.23. The average molecular weight is 347 g/mol. The minimum atomic E-state index is 0.818. The van der Waals surface area contributed by atoms with Gasteiger partial charge < -0.3 is 3.07 Å². The quantitative estimate of drug-likeness (QED) is 0.575. The highest BCUT2D eigenvalue weighted by Crippen LogP contribution is 2.18. The first kappa shape index (κ1) is 7.52. The highest BCUT2D eigenvalue weighted by Gasteiger charge is 1.96. The molecule has 0 saturated heterocycles. The smallest absolute Gasteiger partial charge is 0.192 e. The molecule has 1 aromatic heterocycles. The van der Waals surface area contributed by atoms with Gasteiger partial charge in [-0.3, -0.25) is 0 Å². The Balaban J connectivity index is 3.01. The second kappa shape index (κ2) is 3.55. The Morgan fingerprint density at radius 1 is 1.56 bits per heavy atom. The monoisotopic (exact) mass is 347 g/mol. The molecule has 0 radical (unpaired) electrons. The van der Waals surface area contributed by atoms with Crippen molar-refractivity contribution in [3.63, 3.8) is 0 Å². The van der Waals surface area contributed by atoms with Crippen LogP contribution >= 0.6 is 45.6 Å². The number of nitrogens with zero attached hydrogens (tertiary/aromatic N) is 1. The van der Waals surface area contributed by atoms with Crippen molar-refractivity contribution in [3.05, 3.63) is 22.0 Å². The van der Waals surface area contributed by atoms with Crippen LogP contribution < -0.4 is 3.07 Å². The van der Waals surface area contributed by atoms with Gasteiger partial charge in [0.1, 0.15) is 3.70 Å². The summed E-state index contributed by atoms with van der Waals surface area (Å²) in [5, 5.41) is 0. The summed E-state index contributed by atoms with van der Waals surface area (Å²) >= 11 is 3.95. The third-order valence-corrected chi connectivity index (χ3v) is 2.09. The largest absolute Gasteiger partial charge is 0.425 e. The van der Waals surface area contributed by atoms with E-state index < -0.39 is 0 Å². The molecule has 4 heteroatoms. The maximum absolute atomic E-state index is 4.94. The summed E-state index contributed by atoms with van der Waals surface area (Å²) in [4.78, 5) is 4.01. The number of halogens is 2. The van der Waals surface area contributed by atoms with Gasteiger partial charge in [0.15, 0.2) is 28.8 Å². The lowest BCUT2D eigenvalue weighted by Crippen LogP contribution is -1.81. The van der Waals surface area contributed by atoms with Crippen LogP contribution in [-0.4, -0.2) is 4.98 Å². The molecule has 0 aliphatic rings. The standard InChI is InChI=1S/C5H3I2NO/c6-5-4(9-7)2-1-3-8-5/h1-3H. The van der Waals surface area contributed by atoms with Crippen molar-refractivity contribution in [2.24, 2.45) is 0 Å². The van der Waals surface area contributed by atoms with E-state index in [2.05, 4.69) is 27.6 Å². The van der Waals surface area contributed by atoms with Gasteiger partial charge in [0.2, 0.25) is 0 Å². The molecule has 48 valence electrons. The Labute approximate surface area is 80.8 Å². The van der Waals surface area contributed by atoms with Gasteiger partial charge in [0.25, 0.3) is 0 Å². The van der Waals surface area contributed by atoms with E-state index in [4.69, 9.17) is 3.07 Å². The van der Waals surface area contributed by atoms with Crippen LogP contribution in [0.2, 0.25) is 0 Å². The van der Waals surface area contributed by atoms with E-state index in [9.17, 15) is 0 Å². The Morgan fingerprint density at radius 2 is 2.33 bits per heavy atom. The fraction of sp³-hybridized carbons (Fsp3) is 0. The summed E-state index contributed by atoms with van der Waals surface area (Å²) in [7, 11) is 0. The van der Waals surface area contributed by atoms with E-state index in [-0.39, 0.29) is 0 Å². The third kappa shape index (κ3) is 1.92. The average Bonchev–Trinajstić information content (AvgIpc) is 1.89. The zero-order valence-electron chi connectivity index (χ0n) is 4.34. The van der Waals surface area contributed by atoms with Crippen molar-refractivity contribution in [2.75, 3.05) is 0 Å². The van der Waals surface area contributed by atoms with Gasteiger partial charge in [-0.1, -0.05) is 0 Å². The highest BCUT2D eigenvalue weighted by atomic mass is 127. The van der Waals surface area contributed by atoms with Crippen LogP contribution in [0.1, 0.15) is 0 Å². The maximum atomic E-state index is 4.94. The lowest BCUT2D eigenvalue weighted by Gasteiger charge is -1.95. The summed E-state index contributed by atoms with van der Waals surface area (Å²) in [6.07, 6.45) is 1.74. The maximum Gasteiger partial charge on any atom is 0.192 e. The highest BCUT2D eigenvalue weighted by molar-refractivity contribution is 14.1. The second-order valence-electron chi connectivity index (χ2n) is 1.37. The third-order valence-electron chi connectivity index (χ3n) is 0.808. The normalized spacial score (nSPS) is 9.11. The molecular weight excluding hydrogens is 344 g/mol. The second-order valence-corrected chi connectivity index (χ2v) is 2.83. The molecule has 9 heavy (non-hydrogen) atoms. The predicted octanol–water partition coefficient (Wildman–Crippen LogP) is 2.42. The van der Waals surface area contributed by atoms with Crippen LogP contribution in [0.5, 0.6) is 5.75 Å². The molecule has 0 fully saturated rings. The summed E-state index contributed by atoms with van der Waals surface area (Å²) < 4.78 is 5.84. The van der Waals surface area contributed by atoms with E-state index in [1.807, 2.05) is 35.1 Å². The summed E-state index contributed by atoms with van der Waals surface area (Å²) in [6, 6.07) is 3.72. The molecule has 0 N–H and O–H groups in total. The lowest BCUT2D eigenvalue weighted by molar-refractivity contribution is 0.703. The summed E-state index contributed by atoms with van der Waals surface area (Å²) in [5.74, 6) is 0.818. The van der Waals surface area contributed by atoms with Crippen LogP contribution in [0.25, 0.3) is 0 Å². The molecule has 1 rings (SSSR count). The first-order valence-corrected chi connectivity index (χ1v) is 4.19. The van der Waals surface area contributed by atoms with Gasteiger partial charge in [0, 0.05) is 6.20 Å². The number of aromatic nitrogens is 1. The molecule has 0 unspecified atom stereocenters. The molecule has 1 heterocycles. The molecule has 0 spiro atoms. The zero-order chi connectivity index (χ0) is 6.69. The molecule has 1 aromatic rings. The van der Waals surface area contributed by atoms with Crippen molar-refractivity contribution in [1.29, 1.82) is 0 Å². The molecule has 0 aliphatic carbocycles. The minimum Gasteiger partial charge on any atom is -0.425 e. The summed E-state index contributed by atoms with van der Waals surface area (Å²) in [5.41, 5.74) is 0. The van der Waals surface area contributed by atoms with Gasteiger partial charge in [0.05, 0.1) is 0 Å². The van der Waals surface area contributed by atoms with Crippen LogP contribution in [-0.2, 0) is 0 Å². The summed E-state index contributed by atoms with van der Waals surface area (Å²) in [6.45, 7) is 0. The first-order chi connectivity index (χ1) is 4.34. The Bertz CT molecular complexity index is 204. The van der Waals surface area contributed by atoms with Crippen LogP contribution in [0.3, 0.4) is 0 Å². The minimum absolute atomic E-state index is 0.818. The van der Waals surface area contributed by atoms with Gasteiger partial charge in [-0.25, -0.2) is 4.98 Å². The Hall–Kier alpha value is 0.410. The van der Waals surface area contributed by atoms with Crippen molar-refractivity contribution in [3.8, 4) is 5.75 Å². The topological polar surface area (TPSA) is 22.1 Å². The van der Waals surface area contributed by atoms with Crippen LogP contribution in [0.4, 0.5) is 0 Å². The van der Waals surface area contributed by atoms with E-state index in [1.165, 1.54) is 0 Å². The van der Waals surface area contributed by atoms with Gasteiger partial charge in [-0.2, -0.15) is 0 Å². The van der Waals surface area contributed by atoms with Crippen molar-refractivity contribution >= 4 is 45.6 Å². The molecular formula is C5H3I2NO. The van der Waals surface area contributed by atoms with Crippen molar-refractivity contribution in [2.45, 2.75) is 0 Å². The number of rotatable bonds is 1. The number of pyridine rings is 1. The lowest BCUT2D eigenvalue weighted by atomic mass is 10.5. The van der Waals surface area contributed by atoms with Crippen molar-refractivity contribution in [1.82, 2.24) is 4.98 Å². The van der Waals surface area contributed by atoms with E-state index >= 15 is 0 Å². The Morgan fingerprint density at radius 3 is 2.78 bits per heavy atom. The van der Waals surface area contributed by atoms with E-state index in [0.29, 0.717) is 0 Å². The number of hydrogen-bond donors (Lipinski definition) is 0. The van der Waals surface area contributed by atoms with Crippen molar-refractivity contribution < 1.29 is 3.07 Å². The van der Waals surface area contributed by atoms with Gasteiger partial charge >= 0.3 is 0 Å². The van der Waals surface area contributed by atoms with Gasteiger partial charge in [-0.15, -0.1) is 0 Å². The van der Waals surface area contributed by atoms with E-state index in [0.717, 1.165) is 9.45 Å². The molecule has 0 aromatic carbocycles. The molecule has 0 saturated carbocycles. The fourth-order valence-corrected chi connectivity index (χ4v) is 1.66. The fourth-order valence-electron chi connectivity index (χ4n) is 0.429. The van der Waals surface area contributed by atoms with Gasteiger partial charge in [-0.05, 0) is 34.7 Å². The van der Waals surface area contributed by atoms with Crippen LogP contribution in [0.15, 0.2) is 18.3 Å². The van der Waals surface area contributed by atoms with E-state index in [1.54, 1.807) is 6.20 Å². The predicted molar refractivity (Wildman–Crippen MR) is 51.6 cm³/mol. The Kier molecular flexibility index (Phi) is 2.96. The van der Waals surface area contributed by atoms with Crippen LogP contribution in [0, 0.1) is 3.70 Å².